The van der Waals surface area contributed by atoms with Gasteiger partial charge in [-0.2, -0.15) is 5.10 Å². The number of imidazole rings is 1. The molecule has 1 aliphatic carbocycles. The Kier molecular flexibility index (Phi) is 4.93. The van der Waals surface area contributed by atoms with Crippen LogP contribution in [0.15, 0.2) is 42.6 Å². The number of aromatic nitrogens is 4. The molecule has 0 radical (unpaired) electrons. The Balaban J connectivity index is 1.58. The van der Waals surface area contributed by atoms with Gasteiger partial charge in [-0.3, -0.25) is 14.0 Å². The lowest BCUT2D eigenvalue weighted by Gasteiger charge is -2.16. The second-order valence-electron chi connectivity index (χ2n) is 9.37. The summed E-state index contributed by atoms with van der Waals surface area (Å²) in [5, 5.41) is 5.30. The molecule has 1 saturated carbocycles. The SMILES string of the molecule is [C-]#[N+]c1ccc(-c2nc(C(=O)N3CC[C@H](N)C3)c(C3CC3)n2-c2ccc3c(cnn3C)c2)cc1F. The molecular formula is C26H24FN7O. The zero-order valence-electron chi connectivity index (χ0n) is 19.3. The number of nitrogens with two attached hydrogens (primary N) is 1. The molecule has 176 valence electrons. The van der Waals surface area contributed by atoms with Gasteiger partial charge in [-0.1, -0.05) is 12.1 Å². The molecule has 4 aromatic rings. The Hall–Kier alpha value is -4.03. The van der Waals surface area contributed by atoms with Gasteiger partial charge in [-0.15, -0.1) is 0 Å². The van der Waals surface area contributed by atoms with E-state index < -0.39 is 5.82 Å². The fourth-order valence-corrected chi connectivity index (χ4v) is 4.93. The van der Waals surface area contributed by atoms with Gasteiger partial charge in [-0.05, 0) is 43.5 Å². The van der Waals surface area contributed by atoms with Crippen LogP contribution in [0.4, 0.5) is 10.1 Å². The number of likely N-dealkylation sites (tertiary alicyclic amines) is 1. The highest BCUT2D eigenvalue weighted by atomic mass is 19.1. The molecular weight excluding hydrogens is 445 g/mol. The van der Waals surface area contributed by atoms with Crippen molar-refractivity contribution in [2.45, 2.75) is 31.2 Å². The first kappa shape index (κ1) is 21.5. The number of aryl methyl sites for hydroxylation is 1. The summed E-state index contributed by atoms with van der Waals surface area (Å²) < 4.78 is 18.4. The quantitative estimate of drug-likeness (QED) is 0.455. The molecule has 0 spiro atoms. The standard InChI is InChI=1S/C26H24FN7O/c1-29-21-7-5-16(12-20(21)27)25-31-23(26(35)33-10-9-18(28)14-33)24(15-3-4-15)34(25)19-6-8-22-17(11-19)13-30-32(22)2/h5-8,11-13,15,18H,3-4,9-10,14,28H2,2H3/t18-/m0/s1. The van der Waals surface area contributed by atoms with E-state index >= 15 is 0 Å². The van der Waals surface area contributed by atoms with Crippen LogP contribution in [-0.4, -0.2) is 49.3 Å². The van der Waals surface area contributed by atoms with Crippen molar-refractivity contribution in [1.82, 2.24) is 24.2 Å². The summed E-state index contributed by atoms with van der Waals surface area (Å²) in [6, 6.07) is 10.4. The van der Waals surface area contributed by atoms with Gasteiger partial charge in [0, 0.05) is 48.7 Å². The van der Waals surface area contributed by atoms with Gasteiger partial charge in [0.25, 0.3) is 5.91 Å². The molecule has 2 aromatic carbocycles. The maximum Gasteiger partial charge on any atom is 0.274 e. The first-order chi connectivity index (χ1) is 16.9. The van der Waals surface area contributed by atoms with Crippen LogP contribution < -0.4 is 5.73 Å². The van der Waals surface area contributed by atoms with Gasteiger partial charge in [0.15, 0.2) is 5.69 Å². The molecule has 1 amide bonds. The predicted molar refractivity (Wildman–Crippen MR) is 130 cm³/mol. The first-order valence-electron chi connectivity index (χ1n) is 11.7. The summed E-state index contributed by atoms with van der Waals surface area (Å²) in [5.41, 5.74) is 9.61. The predicted octanol–water partition coefficient (Wildman–Crippen LogP) is 4.17. The van der Waals surface area contributed by atoms with Crippen molar-refractivity contribution in [3.63, 3.8) is 0 Å². The van der Waals surface area contributed by atoms with E-state index in [0.717, 1.165) is 41.5 Å². The molecule has 1 aliphatic heterocycles. The Labute approximate surface area is 201 Å². The maximum atomic E-state index is 14.7. The Morgan fingerprint density at radius 2 is 2.03 bits per heavy atom. The molecule has 35 heavy (non-hydrogen) atoms. The van der Waals surface area contributed by atoms with Crippen LogP contribution in [0.25, 0.3) is 32.8 Å². The van der Waals surface area contributed by atoms with Crippen molar-refractivity contribution < 1.29 is 9.18 Å². The van der Waals surface area contributed by atoms with Gasteiger partial charge in [0.2, 0.25) is 5.69 Å². The van der Waals surface area contributed by atoms with Crippen LogP contribution in [0.1, 0.15) is 41.4 Å². The van der Waals surface area contributed by atoms with Gasteiger partial charge < -0.3 is 10.6 Å². The van der Waals surface area contributed by atoms with E-state index in [2.05, 4.69) is 9.94 Å². The summed E-state index contributed by atoms with van der Waals surface area (Å²) in [4.78, 5) is 23.5. The number of hydrogen-bond acceptors (Lipinski definition) is 4. The van der Waals surface area contributed by atoms with Crippen molar-refractivity contribution in [3.05, 3.63) is 71.2 Å². The van der Waals surface area contributed by atoms with Crippen molar-refractivity contribution in [2.24, 2.45) is 12.8 Å². The minimum Gasteiger partial charge on any atom is -0.336 e. The number of carbonyl (C=O) groups excluding carboxylic acids is 1. The van der Waals surface area contributed by atoms with E-state index in [9.17, 15) is 9.18 Å². The van der Waals surface area contributed by atoms with E-state index in [-0.39, 0.29) is 23.6 Å². The van der Waals surface area contributed by atoms with Gasteiger partial charge in [-0.25, -0.2) is 14.2 Å². The summed E-state index contributed by atoms with van der Waals surface area (Å²) >= 11 is 0. The minimum absolute atomic E-state index is 0.0341. The van der Waals surface area contributed by atoms with Gasteiger partial charge in [0.05, 0.1) is 24.0 Å². The average molecular weight is 470 g/mol. The highest BCUT2D eigenvalue weighted by molar-refractivity contribution is 5.95. The van der Waals surface area contributed by atoms with Gasteiger partial charge >= 0.3 is 0 Å². The molecule has 1 atom stereocenters. The van der Waals surface area contributed by atoms with Crippen LogP contribution in [-0.2, 0) is 7.05 Å². The molecule has 8 nitrogen and oxygen atoms in total. The molecule has 9 heteroatoms. The zero-order valence-corrected chi connectivity index (χ0v) is 19.3. The second kappa shape index (κ2) is 8.03. The van der Waals surface area contributed by atoms with Crippen LogP contribution >= 0.6 is 0 Å². The van der Waals surface area contributed by atoms with Crippen LogP contribution in [0.3, 0.4) is 0 Å². The number of amides is 1. The molecule has 3 heterocycles. The summed E-state index contributed by atoms with van der Waals surface area (Å²) in [5.74, 6) is -0.0671. The summed E-state index contributed by atoms with van der Waals surface area (Å²) in [6.45, 7) is 8.28. The smallest absolute Gasteiger partial charge is 0.274 e. The number of benzene rings is 2. The van der Waals surface area contributed by atoms with Crippen LogP contribution in [0.5, 0.6) is 0 Å². The van der Waals surface area contributed by atoms with Crippen LogP contribution in [0, 0.1) is 12.4 Å². The first-order valence-corrected chi connectivity index (χ1v) is 11.7. The third-order valence-electron chi connectivity index (χ3n) is 6.91. The van der Waals surface area contributed by atoms with E-state index in [1.807, 2.05) is 29.8 Å². The topological polar surface area (TPSA) is 86.3 Å². The maximum absolute atomic E-state index is 14.7. The Morgan fingerprint density at radius 3 is 2.71 bits per heavy atom. The third-order valence-corrected chi connectivity index (χ3v) is 6.91. The lowest BCUT2D eigenvalue weighted by atomic mass is 10.1. The largest absolute Gasteiger partial charge is 0.336 e. The van der Waals surface area contributed by atoms with Crippen molar-refractivity contribution in [3.8, 4) is 17.1 Å². The van der Waals surface area contributed by atoms with E-state index in [4.69, 9.17) is 17.3 Å². The molecule has 0 bridgehead atoms. The molecule has 2 aromatic heterocycles. The van der Waals surface area contributed by atoms with E-state index in [0.29, 0.717) is 30.2 Å². The number of fused-ring (bicyclic) bond motifs is 1. The monoisotopic (exact) mass is 469 g/mol. The molecule has 1 saturated heterocycles. The molecule has 6 rings (SSSR count). The van der Waals surface area contributed by atoms with E-state index in [1.165, 1.54) is 12.1 Å². The Bertz CT molecular complexity index is 1520. The zero-order chi connectivity index (χ0) is 24.3. The van der Waals surface area contributed by atoms with E-state index in [1.54, 1.807) is 21.8 Å². The number of hydrogen-bond donors (Lipinski definition) is 1. The number of halogens is 1. The Morgan fingerprint density at radius 1 is 1.20 bits per heavy atom. The lowest BCUT2D eigenvalue weighted by Crippen LogP contribution is -2.32. The van der Waals surface area contributed by atoms with Gasteiger partial charge in [0.1, 0.15) is 11.6 Å². The summed E-state index contributed by atoms with van der Waals surface area (Å²) in [7, 11) is 1.89. The second-order valence-corrected chi connectivity index (χ2v) is 9.37. The molecule has 2 fully saturated rings. The lowest BCUT2D eigenvalue weighted by molar-refractivity contribution is 0.0784. The van der Waals surface area contributed by atoms with Crippen molar-refractivity contribution in [2.75, 3.05) is 13.1 Å². The van der Waals surface area contributed by atoms with Crippen molar-refractivity contribution in [1.29, 1.82) is 0 Å². The highest BCUT2D eigenvalue weighted by Crippen LogP contribution is 2.45. The number of rotatable bonds is 4. The highest BCUT2D eigenvalue weighted by Gasteiger charge is 2.38. The molecule has 2 N–H and O–H groups in total. The fourth-order valence-electron chi connectivity index (χ4n) is 4.93. The summed E-state index contributed by atoms with van der Waals surface area (Å²) in [6.07, 6.45) is 4.49. The minimum atomic E-state index is -0.610. The fraction of sp³-hybridized carbons (Fsp3) is 0.308. The number of nitrogens with zero attached hydrogens (tertiary/aromatic N) is 6. The third kappa shape index (κ3) is 3.58. The van der Waals surface area contributed by atoms with Crippen LogP contribution in [0.2, 0.25) is 0 Å². The van der Waals surface area contributed by atoms with Crippen molar-refractivity contribution >= 4 is 22.5 Å². The average Bonchev–Trinajstić information content (AvgIpc) is 3.30. The molecule has 0 unspecified atom stereocenters. The normalized spacial score (nSPS) is 17.8. The number of carbonyl (C=O) groups is 1. The molecule has 2 aliphatic rings.